The van der Waals surface area contributed by atoms with Crippen molar-refractivity contribution in [2.75, 3.05) is 5.32 Å². The van der Waals surface area contributed by atoms with Crippen LogP contribution in [-0.4, -0.2) is 20.2 Å². The van der Waals surface area contributed by atoms with Crippen LogP contribution < -0.4 is 10.0 Å². The van der Waals surface area contributed by atoms with Crippen molar-refractivity contribution in [2.45, 2.75) is 18.7 Å². The molecule has 0 aliphatic heterocycles. The minimum Gasteiger partial charge on any atom is -0.307 e. The molecule has 0 heterocycles. The second-order valence-corrected chi connectivity index (χ2v) is 8.74. The van der Waals surface area contributed by atoms with Gasteiger partial charge in [0.2, 0.25) is 0 Å². The zero-order valence-electron chi connectivity index (χ0n) is 17.1. The van der Waals surface area contributed by atoms with Crippen LogP contribution in [0.2, 0.25) is 0 Å². The van der Waals surface area contributed by atoms with Crippen molar-refractivity contribution < 1.29 is 18.0 Å². The summed E-state index contributed by atoms with van der Waals surface area (Å²) in [6.45, 7) is 3.83. The number of sulfonamides is 1. The van der Waals surface area contributed by atoms with Gasteiger partial charge in [0, 0.05) is 11.3 Å². The molecule has 3 rings (SSSR count). The maximum atomic E-state index is 12.3. The molecular weight excluding hydrogens is 412 g/mol. The van der Waals surface area contributed by atoms with E-state index in [1.165, 1.54) is 30.3 Å². The first-order valence-corrected chi connectivity index (χ1v) is 11.0. The molecule has 0 aliphatic rings. The quantitative estimate of drug-likeness (QED) is 0.434. The van der Waals surface area contributed by atoms with Crippen LogP contribution in [-0.2, 0) is 10.0 Å². The predicted molar refractivity (Wildman–Crippen MR) is 122 cm³/mol. The summed E-state index contributed by atoms with van der Waals surface area (Å²) < 4.78 is 26.5. The number of ketones is 1. The number of nitrogens with one attached hydrogen (secondary N) is 2. The summed E-state index contributed by atoms with van der Waals surface area (Å²) in [7, 11) is -3.98. The highest BCUT2D eigenvalue weighted by Gasteiger charge is 2.17. The molecule has 6 nitrogen and oxygen atoms in total. The Balaban J connectivity index is 1.60. The summed E-state index contributed by atoms with van der Waals surface area (Å²) in [5.74, 6) is -0.182. The Morgan fingerprint density at radius 1 is 0.774 bits per heavy atom. The molecule has 0 aliphatic carbocycles. The van der Waals surface area contributed by atoms with Gasteiger partial charge < -0.3 is 5.32 Å². The lowest BCUT2D eigenvalue weighted by atomic mass is 10.1. The molecule has 0 aromatic heterocycles. The van der Waals surface area contributed by atoms with Crippen LogP contribution >= 0.6 is 0 Å². The maximum absolute atomic E-state index is 12.3. The van der Waals surface area contributed by atoms with Crippen molar-refractivity contribution in [2.24, 2.45) is 0 Å². The molecule has 0 saturated heterocycles. The molecule has 0 radical (unpaired) electrons. The lowest BCUT2D eigenvalue weighted by Crippen LogP contribution is -2.34. The number of amides is 2. The summed E-state index contributed by atoms with van der Waals surface area (Å²) in [4.78, 5) is 24.4. The molecule has 31 heavy (non-hydrogen) atoms. The second-order valence-electron chi connectivity index (χ2n) is 7.06. The second kappa shape index (κ2) is 9.40. The van der Waals surface area contributed by atoms with Gasteiger partial charge in [-0.25, -0.2) is 17.9 Å². The summed E-state index contributed by atoms with van der Waals surface area (Å²) in [5.41, 5.74) is 3.77. The molecule has 0 saturated carbocycles. The van der Waals surface area contributed by atoms with Gasteiger partial charge in [0.05, 0.1) is 4.90 Å². The van der Waals surface area contributed by atoms with Crippen molar-refractivity contribution in [3.63, 3.8) is 0 Å². The number of anilines is 1. The largest absolute Gasteiger partial charge is 0.333 e. The Kier molecular flexibility index (Phi) is 6.67. The van der Waals surface area contributed by atoms with Crippen LogP contribution in [0.25, 0.3) is 6.08 Å². The number of allylic oxidation sites excluding steroid dienone is 1. The number of hydrogen-bond donors (Lipinski definition) is 2. The Hall–Kier alpha value is -3.71. The summed E-state index contributed by atoms with van der Waals surface area (Å²) in [6, 6.07) is 19.2. The number of hydrogen-bond acceptors (Lipinski definition) is 4. The van der Waals surface area contributed by atoms with Crippen LogP contribution in [0.5, 0.6) is 0 Å². The summed E-state index contributed by atoms with van der Waals surface area (Å²) in [5, 5.41) is 2.45. The molecule has 158 valence electrons. The lowest BCUT2D eigenvalue weighted by Gasteiger charge is -2.09. The fourth-order valence-electron chi connectivity index (χ4n) is 2.72. The summed E-state index contributed by atoms with van der Waals surface area (Å²) >= 11 is 0. The molecule has 0 unspecified atom stereocenters. The predicted octanol–water partition coefficient (Wildman–Crippen LogP) is 4.71. The Labute approximate surface area is 181 Å². The van der Waals surface area contributed by atoms with E-state index in [9.17, 15) is 18.0 Å². The van der Waals surface area contributed by atoms with Crippen molar-refractivity contribution in [1.29, 1.82) is 0 Å². The maximum Gasteiger partial charge on any atom is 0.333 e. The average Bonchev–Trinajstić information content (AvgIpc) is 2.73. The number of carbonyl (C=O) groups is 2. The van der Waals surface area contributed by atoms with Gasteiger partial charge >= 0.3 is 6.03 Å². The average molecular weight is 435 g/mol. The highest BCUT2D eigenvalue weighted by atomic mass is 32.2. The minimum absolute atomic E-state index is 0.00504. The van der Waals surface area contributed by atoms with Crippen LogP contribution in [0.4, 0.5) is 10.5 Å². The van der Waals surface area contributed by atoms with E-state index in [0.717, 1.165) is 16.7 Å². The smallest absolute Gasteiger partial charge is 0.307 e. The normalized spacial score (nSPS) is 11.3. The van der Waals surface area contributed by atoms with Crippen molar-refractivity contribution in [1.82, 2.24) is 4.72 Å². The van der Waals surface area contributed by atoms with E-state index in [0.29, 0.717) is 11.3 Å². The zero-order chi connectivity index (χ0) is 22.4. The molecule has 3 aromatic carbocycles. The van der Waals surface area contributed by atoms with Crippen LogP contribution in [0.15, 0.2) is 83.8 Å². The Bertz CT molecular complexity index is 1210. The van der Waals surface area contributed by atoms with E-state index >= 15 is 0 Å². The third kappa shape index (κ3) is 6.13. The van der Waals surface area contributed by atoms with E-state index < -0.39 is 16.1 Å². The van der Waals surface area contributed by atoms with Gasteiger partial charge in [0.1, 0.15) is 0 Å². The topological polar surface area (TPSA) is 92.3 Å². The van der Waals surface area contributed by atoms with Crippen LogP contribution in [0.3, 0.4) is 0 Å². The van der Waals surface area contributed by atoms with E-state index in [-0.39, 0.29) is 10.7 Å². The summed E-state index contributed by atoms with van der Waals surface area (Å²) in [6.07, 6.45) is 3.21. The van der Waals surface area contributed by atoms with Crippen LogP contribution in [0, 0.1) is 13.8 Å². The van der Waals surface area contributed by atoms with Gasteiger partial charge in [-0.15, -0.1) is 0 Å². The molecule has 0 bridgehead atoms. The molecule has 7 heteroatoms. The monoisotopic (exact) mass is 434 g/mol. The van der Waals surface area contributed by atoms with E-state index in [4.69, 9.17) is 0 Å². The highest BCUT2D eigenvalue weighted by molar-refractivity contribution is 7.90. The van der Waals surface area contributed by atoms with Gasteiger partial charge in [-0.05, 0) is 61.9 Å². The SMILES string of the molecule is Cc1ccc(/C=C/C(=O)c2ccc(NC(=O)NS(=O)(=O)c3ccc(C)cc3)cc2)cc1. The molecular formula is C24H22N2O4S. The third-order valence-electron chi connectivity index (χ3n) is 4.49. The lowest BCUT2D eigenvalue weighted by molar-refractivity contribution is 0.104. The van der Waals surface area contributed by atoms with E-state index in [2.05, 4.69) is 5.32 Å². The number of benzene rings is 3. The van der Waals surface area contributed by atoms with E-state index in [1.54, 1.807) is 30.3 Å². The number of rotatable bonds is 6. The fourth-order valence-corrected chi connectivity index (χ4v) is 3.63. The molecule has 0 atom stereocenters. The fraction of sp³-hybridized carbons (Fsp3) is 0.0833. The number of urea groups is 1. The van der Waals surface area contributed by atoms with Gasteiger partial charge in [0.15, 0.2) is 5.78 Å². The van der Waals surface area contributed by atoms with Gasteiger partial charge in [-0.3, -0.25) is 4.79 Å². The Morgan fingerprint density at radius 3 is 1.90 bits per heavy atom. The molecule has 2 amide bonds. The first kappa shape index (κ1) is 22.0. The molecule has 0 fully saturated rings. The number of aryl methyl sites for hydroxylation is 2. The minimum atomic E-state index is -3.98. The van der Waals surface area contributed by atoms with Crippen molar-refractivity contribution in [3.8, 4) is 0 Å². The third-order valence-corrected chi connectivity index (χ3v) is 5.84. The number of carbonyl (C=O) groups excluding carboxylic acids is 2. The first-order chi connectivity index (χ1) is 14.7. The highest BCUT2D eigenvalue weighted by Crippen LogP contribution is 2.13. The van der Waals surface area contributed by atoms with Gasteiger partial charge in [0.25, 0.3) is 10.0 Å². The van der Waals surface area contributed by atoms with Gasteiger partial charge in [-0.1, -0.05) is 53.6 Å². The Morgan fingerprint density at radius 2 is 1.32 bits per heavy atom. The van der Waals surface area contributed by atoms with Gasteiger partial charge in [-0.2, -0.15) is 0 Å². The van der Waals surface area contributed by atoms with Crippen LogP contribution in [0.1, 0.15) is 27.0 Å². The molecule has 3 aromatic rings. The molecule has 2 N–H and O–H groups in total. The van der Waals surface area contributed by atoms with E-state index in [1.807, 2.05) is 42.8 Å². The first-order valence-electron chi connectivity index (χ1n) is 9.52. The zero-order valence-corrected chi connectivity index (χ0v) is 17.9. The van der Waals surface area contributed by atoms with Crippen molar-refractivity contribution in [3.05, 3.63) is 101 Å². The van der Waals surface area contributed by atoms with Crippen molar-refractivity contribution >= 4 is 33.6 Å². The standard InChI is InChI=1S/C24H22N2O4S/c1-17-3-7-19(8-4-17)9-16-23(27)20-10-12-21(13-11-20)25-24(28)26-31(29,30)22-14-5-18(2)6-15-22/h3-16H,1-2H3,(H2,25,26,28)/b16-9+. The molecule has 0 spiro atoms.